The topological polar surface area (TPSA) is 70.7 Å². The van der Waals surface area contributed by atoms with E-state index in [1.54, 1.807) is 37.5 Å². The van der Waals surface area contributed by atoms with Crippen molar-refractivity contribution in [3.05, 3.63) is 24.1 Å². The number of aromatic nitrogens is 1. The fraction of sp³-hybridized carbons (Fsp3) is 0.429. The standard InChI is InChI=1S/C14H17NO5/c1-4-18-14(17)11-7-12-10(5-6-19-12)15(11)8-20-13(16)9(2)3/h5-7,9H,4,8H2,1-3H3. The molecule has 0 saturated heterocycles. The Labute approximate surface area is 116 Å². The molecule has 6 heteroatoms. The van der Waals surface area contributed by atoms with E-state index in [4.69, 9.17) is 13.9 Å². The lowest BCUT2D eigenvalue weighted by Crippen LogP contribution is -2.18. The minimum absolute atomic E-state index is 0.0474. The summed E-state index contributed by atoms with van der Waals surface area (Å²) in [6, 6.07) is 3.29. The molecule has 2 aromatic rings. The number of rotatable bonds is 5. The molecule has 108 valence electrons. The Morgan fingerprint density at radius 2 is 2.10 bits per heavy atom. The molecule has 0 radical (unpaired) electrons. The van der Waals surface area contributed by atoms with Crippen molar-refractivity contribution in [2.24, 2.45) is 5.92 Å². The van der Waals surface area contributed by atoms with E-state index >= 15 is 0 Å². The predicted octanol–water partition coefficient (Wildman–Crippen LogP) is 2.57. The van der Waals surface area contributed by atoms with Gasteiger partial charge in [0.25, 0.3) is 0 Å². The second kappa shape index (κ2) is 5.81. The van der Waals surface area contributed by atoms with Crippen LogP contribution in [0, 0.1) is 5.92 Å². The third-order valence-electron chi connectivity index (χ3n) is 2.81. The van der Waals surface area contributed by atoms with Crippen molar-refractivity contribution in [2.75, 3.05) is 6.61 Å². The molecular formula is C14H17NO5. The number of furan rings is 1. The van der Waals surface area contributed by atoms with Gasteiger partial charge in [0.05, 0.1) is 24.3 Å². The molecule has 0 aliphatic heterocycles. The number of esters is 2. The molecule has 0 saturated carbocycles. The van der Waals surface area contributed by atoms with Gasteiger partial charge < -0.3 is 13.9 Å². The van der Waals surface area contributed by atoms with Crippen LogP contribution in [0.5, 0.6) is 0 Å². The first-order valence-electron chi connectivity index (χ1n) is 6.45. The zero-order valence-corrected chi connectivity index (χ0v) is 11.7. The lowest BCUT2D eigenvalue weighted by Gasteiger charge is -2.11. The van der Waals surface area contributed by atoms with Crippen LogP contribution in [0.25, 0.3) is 11.1 Å². The van der Waals surface area contributed by atoms with Crippen LogP contribution in [0.15, 0.2) is 22.8 Å². The Morgan fingerprint density at radius 3 is 2.75 bits per heavy atom. The second-order valence-electron chi connectivity index (χ2n) is 4.60. The van der Waals surface area contributed by atoms with Crippen LogP contribution in [0.4, 0.5) is 0 Å². The maximum absolute atomic E-state index is 11.9. The normalized spacial score (nSPS) is 11.0. The lowest BCUT2D eigenvalue weighted by atomic mass is 10.2. The Hall–Kier alpha value is -2.24. The Balaban J connectivity index is 2.28. The number of nitrogens with zero attached hydrogens (tertiary/aromatic N) is 1. The van der Waals surface area contributed by atoms with Crippen molar-refractivity contribution in [3.63, 3.8) is 0 Å². The van der Waals surface area contributed by atoms with E-state index in [1.807, 2.05) is 0 Å². The van der Waals surface area contributed by atoms with Gasteiger partial charge in [-0.25, -0.2) is 4.79 Å². The van der Waals surface area contributed by atoms with E-state index < -0.39 is 5.97 Å². The van der Waals surface area contributed by atoms with Crippen LogP contribution < -0.4 is 0 Å². The molecule has 0 atom stereocenters. The third-order valence-corrected chi connectivity index (χ3v) is 2.81. The zero-order chi connectivity index (χ0) is 14.7. The molecule has 0 aromatic carbocycles. The van der Waals surface area contributed by atoms with Crippen molar-refractivity contribution in [1.82, 2.24) is 4.57 Å². The predicted molar refractivity (Wildman–Crippen MR) is 71.1 cm³/mol. The monoisotopic (exact) mass is 279 g/mol. The smallest absolute Gasteiger partial charge is 0.355 e. The first-order valence-corrected chi connectivity index (χ1v) is 6.45. The minimum atomic E-state index is -0.473. The minimum Gasteiger partial charge on any atom is -0.463 e. The highest BCUT2D eigenvalue weighted by molar-refractivity contribution is 5.94. The second-order valence-corrected chi connectivity index (χ2v) is 4.60. The number of hydrogen-bond donors (Lipinski definition) is 0. The lowest BCUT2D eigenvalue weighted by molar-refractivity contribution is -0.151. The van der Waals surface area contributed by atoms with E-state index in [0.29, 0.717) is 16.8 Å². The summed E-state index contributed by atoms with van der Waals surface area (Å²) in [5.41, 5.74) is 1.54. The summed E-state index contributed by atoms with van der Waals surface area (Å²) in [4.78, 5) is 23.4. The van der Waals surface area contributed by atoms with Gasteiger partial charge in [-0.3, -0.25) is 9.36 Å². The van der Waals surface area contributed by atoms with Gasteiger partial charge >= 0.3 is 11.9 Å². The van der Waals surface area contributed by atoms with Gasteiger partial charge in [0.2, 0.25) is 0 Å². The molecule has 0 N–H and O–H groups in total. The van der Waals surface area contributed by atoms with Crippen LogP contribution in [-0.4, -0.2) is 23.1 Å². The van der Waals surface area contributed by atoms with Crippen molar-refractivity contribution >= 4 is 23.0 Å². The molecule has 0 spiro atoms. The summed E-state index contributed by atoms with van der Waals surface area (Å²) < 4.78 is 17.0. The van der Waals surface area contributed by atoms with Crippen LogP contribution >= 0.6 is 0 Å². The van der Waals surface area contributed by atoms with Gasteiger partial charge in [-0.15, -0.1) is 0 Å². The third kappa shape index (κ3) is 2.68. The molecule has 2 aromatic heterocycles. The first kappa shape index (κ1) is 14.2. The molecule has 0 bridgehead atoms. The molecule has 0 unspecified atom stereocenters. The van der Waals surface area contributed by atoms with E-state index in [1.165, 1.54) is 6.26 Å². The molecule has 0 amide bonds. The van der Waals surface area contributed by atoms with Crippen molar-refractivity contribution < 1.29 is 23.5 Å². The van der Waals surface area contributed by atoms with Gasteiger partial charge in [-0.2, -0.15) is 0 Å². The van der Waals surface area contributed by atoms with Gasteiger partial charge in [0.15, 0.2) is 12.3 Å². The number of carbonyl (C=O) groups is 2. The fourth-order valence-corrected chi connectivity index (χ4v) is 1.79. The molecule has 0 aliphatic rings. The largest absolute Gasteiger partial charge is 0.463 e. The summed E-state index contributed by atoms with van der Waals surface area (Å²) in [6.45, 7) is 5.45. The highest BCUT2D eigenvalue weighted by Crippen LogP contribution is 2.22. The van der Waals surface area contributed by atoms with Crippen LogP contribution in [0.2, 0.25) is 0 Å². The summed E-state index contributed by atoms with van der Waals surface area (Å²) in [5.74, 6) is -1.03. The number of hydrogen-bond acceptors (Lipinski definition) is 5. The maximum atomic E-state index is 11.9. The summed E-state index contributed by atoms with van der Waals surface area (Å²) in [7, 11) is 0. The van der Waals surface area contributed by atoms with Crippen LogP contribution in [0.3, 0.4) is 0 Å². The van der Waals surface area contributed by atoms with Crippen LogP contribution in [-0.2, 0) is 21.0 Å². The van der Waals surface area contributed by atoms with Crippen molar-refractivity contribution in [1.29, 1.82) is 0 Å². The summed E-state index contributed by atoms with van der Waals surface area (Å²) in [5, 5.41) is 0. The molecule has 20 heavy (non-hydrogen) atoms. The van der Waals surface area contributed by atoms with E-state index in [-0.39, 0.29) is 25.2 Å². The number of carbonyl (C=O) groups excluding carboxylic acids is 2. The number of ether oxygens (including phenoxy) is 2. The zero-order valence-electron chi connectivity index (χ0n) is 11.7. The molecule has 2 heterocycles. The highest BCUT2D eigenvalue weighted by Gasteiger charge is 2.19. The molecule has 6 nitrogen and oxygen atoms in total. The fourth-order valence-electron chi connectivity index (χ4n) is 1.79. The van der Waals surface area contributed by atoms with Gasteiger partial charge in [0.1, 0.15) is 5.69 Å². The van der Waals surface area contributed by atoms with Crippen molar-refractivity contribution in [2.45, 2.75) is 27.5 Å². The maximum Gasteiger partial charge on any atom is 0.355 e. The Kier molecular flexibility index (Phi) is 4.12. The van der Waals surface area contributed by atoms with E-state index in [0.717, 1.165) is 0 Å². The first-order chi connectivity index (χ1) is 9.54. The molecular weight excluding hydrogens is 262 g/mol. The molecule has 0 aliphatic carbocycles. The summed E-state index contributed by atoms with van der Waals surface area (Å²) in [6.07, 6.45) is 1.51. The van der Waals surface area contributed by atoms with E-state index in [9.17, 15) is 9.59 Å². The van der Waals surface area contributed by atoms with E-state index in [2.05, 4.69) is 0 Å². The van der Waals surface area contributed by atoms with Gasteiger partial charge in [-0.1, -0.05) is 13.8 Å². The number of fused-ring (bicyclic) bond motifs is 1. The van der Waals surface area contributed by atoms with Gasteiger partial charge in [-0.05, 0) is 6.92 Å². The Bertz CT molecular complexity index is 623. The van der Waals surface area contributed by atoms with Crippen LogP contribution in [0.1, 0.15) is 31.3 Å². The average Bonchev–Trinajstić information content (AvgIpc) is 2.96. The Morgan fingerprint density at radius 1 is 1.35 bits per heavy atom. The van der Waals surface area contributed by atoms with Crippen molar-refractivity contribution in [3.8, 4) is 0 Å². The SMILES string of the molecule is CCOC(=O)c1cc2occc2n1COC(=O)C(C)C. The van der Waals surface area contributed by atoms with Gasteiger partial charge in [0, 0.05) is 12.1 Å². The molecule has 0 fully saturated rings. The highest BCUT2D eigenvalue weighted by atomic mass is 16.5. The summed E-state index contributed by atoms with van der Waals surface area (Å²) >= 11 is 0. The molecule has 2 rings (SSSR count). The quantitative estimate of drug-likeness (QED) is 0.787. The average molecular weight is 279 g/mol.